The van der Waals surface area contributed by atoms with Crippen LogP contribution in [0.15, 0.2) is 76.4 Å². The van der Waals surface area contributed by atoms with Crippen molar-refractivity contribution in [1.29, 1.82) is 0 Å². The Bertz CT molecular complexity index is 1190. The largest absolute Gasteiger partial charge is 0.463 e. The molecule has 132 valence electrons. The average molecular weight is 361 g/mol. The molecule has 2 heterocycles. The predicted octanol–water partition coefficient (Wildman–Crippen LogP) is 3.95. The first-order chi connectivity index (χ1) is 13.1. The molecule has 2 aromatic heterocycles. The predicted molar refractivity (Wildman–Crippen MR) is 96.7 cm³/mol. The third-order valence-corrected chi connectivity index (χ3v) is 3.87. The minimum absolute atomic E-state index is 0.0526. The van der Waals surface area contributed by atoms with Gasteiger partial charge in [-0.3, -0.25) is 14.9 Å². The van der Waals surface area contributed by atoms with Gasteiger partial charge in [0.15, 0.2) is 5.43 Å². The number of rotatable bonds is 4. The molecule has 0 atom stereocenters. The van der Waals surface area contributed by atoms with Crippen molar-refractivity contribution in [2.75, 3.05) is 0 Å². The average Bonchev–Trinajstić information content (AvgIpc) is 2.69. The van der Waals surface area contributed by atoms with E-state index in [1.807, 2.05) is 30.3 Å². The Morgan fingerprint density at radius 3 is 2.48 bits per heavy atom. The Hall–Kier alpha value is -4.07. The molecule has 0 aliphatic carbocycles. The summed E-state index contributed by atoms with van der Waals surface area (Å²) in [5, 5.41) is 11.0. The summed E-state index contributed by atoms with van der Waals surface area (Å²) >= 11 is 0. The van der Waals surface area contributed by atoms with Gasteiger partial charge in [0.05, 0.1) is 15.9 Å². The summed E-state index contributed by atoms with van der Waals surface area (Å²) in [6, 6.07) is 13.9. The molecule has 0 N–H and O–H groups in total. The van der Waals surface area contributed by atoms with E-state index in [2.05, 4.69) is 9.97 Å². The van der Waals surface area contributed by atoms with E-state index in [1.54, 1.807) is 12.1 Å². The SMILES string of the molecule is O=c1c(-c2ccccc2)coc2cc(Oc3ncc([N+](=O)[O-])cn3)ccc12. The van der Waals surface area contributed by atoms with Gasteiger partial charge in [0.25, 0.3) is 0 Å². The highest BCUT2D eigenvalue weighted by Gasteiger charge is 2.12. The Balaban J connectivity index is 1.67. The van der Waals surface area contributed by atoms with Gasteiger partial charge in [-0.2, -0.15) is 9.97 Å². The van der Waals surface area contributed by atoms with Crippen molar-refractivity contribution in [3.05, 3.63) is 87.5 Å². The van der Waals surface area contributed by atoms with Gasteiger partial charge in [0.1, 0.15) is 30.0 Å². The Morgan fingerprint density at radius 1 is 1.04 bits per heavy atom. The van der Waals surface area contributed by atoms with Crippen LogP contribution in [0.25, 0.3) is 22.1 Å². The molecule has 0 radical (unpaired) electrons. The zero-order chi connectivity index (χ0) is 18.8. The fourth-order valence-corrected chi connectivity index (χ4v) is 2.55. The van der Waals surface area contributed by atoms with Gasteiger partial charge in [-0.05, 0) is 17.7 Å². The molecule has 0 saturated heterocycles. The van der Waals surface area contributed by atoms with Crippen LogP contribution in [0.2, 0.25) is 0 Å². The van der Waals surface area contributed by atoms with E-state index in [1.165, 1.54) is 12.3 Å². The zero-order valence-corrected chi connectivity index (χ0v) is 13.7. The molecule has 4 rings (SSSR count). The third-order valence-electron chi connectivity index (χ3n) is 3.87. The zero-order valence-electron chi connectivity index (χ0n) is 13.7. The molecule has 0 spiro atoms. The van der Waals surface area contributed by atoms with Crippen LogP contribution in [0.5, 0.6) is 11.8 Å². The molecule has 0 amide bonds. The lowest BCUT2D eigenvalue weighted by atomic mass is 10.1. The summed E-state index contributed by atoms with van der Waals surface area (Å²) in [6.45, 7) is 0. The van der Waals surface area contributed by atoms with Crippen LogP contribution >= 0.6 is 0 Å². The molecule has 27 heavy (non-hydrogen) atoms. The molecule has 0 fully saturated rings. The maximum atomic E-state index is 12.7. The number of fused-ring (bicyclic) bond motifs is 1. The van der Waals surface area contributed by atoms with Crippen molar-refractivity contribution in [2.45, 2.75) is 0 Å². The number of hydrogen-bond acceptors (Lipinski definition) is 7. The normalized spacial score (nSPS) is 10.7. The first-order valence-electron chi connectivity index (χ1n) is 7.87. The van der Waals surface area contributed by atoms with Gasteiger partial charge < -0.3 is 9.15 Å². The highest BCUT2D eigenvalue weighted by Crippen LogP contribution is 2.25. The molecule has 0 aliphatic rings. The van der Waals surface area contributed by atoms with Crippen molar-refractivity contribution >= 4 is 16.7 Å². The number of hydrogen-bond donors (Lipinski definition) is 0. The minimum atomic E-state index is -0.598. The highest BCUT2D eigenvalue weighted by molar-refractivity contribution is 5.82. The summed E-state index contributed by atoms with van der Waals surface area (Å²) in [6.07, 6.45) is 3.51. The number of nitrogens with zero attached hydrogens (tertiary/aromatic N) is 3. The van der Waals surface area contributed by atoms with E-state index in [9.17, 15) is 14.9 Å². The molecule has 0 saturated carbocycles. The first-order valence-corrected chi connectivity index (χ1v) is 7.87. The number of benzene rings is 2. The fourth-order valence-electron chi connectivity index (χ4n) is 2.55. The van der Waals surface area contributed by atoms with E-state index >= 15 is 0 Å². The monoisotopic (exact) mass is 361 g/mol. The summed E-state index contributed by atoms with van der Waals surface area (Å²) in [7, 11) is 0. The van der Waals surface area contributed by atoms with Crippen molar-refractivity contribution < 1.29 is 14.1 Å². The molecular formula is C19H11N3O5. The lowest BCUT2D eigenvalue weighted by molar-refractivity contribution is -0.385. The second-order valence-corrected chi connectivity index (χ2v) is 5.59. The van der Waals surface area contributed by atoms with Crippen molar-refractivity contribution in [1.82, 2.24) is 9.97 Å². The van der Waals surface area contributed by atoms with Gasteiger partial charge in [-0.15, -0.1) is 0 Å². The van der Waals surface area contributed by atoms with Gasteiger partial charge in [-0.1, -0.05) is 30.3 Å². The van der Waals surface area contributed by atoms with Crippen LogP contribution in [-0.2, 0) is 0 Å². The molecule has 8 heteroatoms. The van der Waals surface area contributed by atoms with E-state index in [4.69, 9.17) is 9.15 Å². The van der Waals surface area contributed by atoms with Crippen molar-refractivity contribution in [3.8, 4) is 22.9 Å². The molecule has 2 aromatic carbocycles. The maximum absolute atomic E-state index is 12.7. The fraction of sp³-hybridized carbons (Fsp3) is 0. The summed E-state index contributed by atoms with van der Waals surface area (Å²) in [4.78, 5) is 30.3. The van der Waals surface area contributed by atoms with Crippen LogP contribution < -0.4 is 10.2 Å². The van der Waals surface area contributed by atoms with E-state index in [0.717, 1.165) is 18.0 Å². The highest BCUT2D eigenvalue weighted by atomic mass is 16.6. The van der Waals surface area contributed by atoms with Crippen molar-refractivity contribution in [3.63, 3.8) is 0 Å². The standard InChI is InChI=1S/C19H11N3O5/c23-18-15-7-6-14(27-19-20-9-13(10-21-19)22(24)25)8-17(15)26-11-16(18)12-4-2-1-3-5-12/h1-11H. The van der Waals surface area contributed by atoms with Crippen molar-refractivity contribution in [2.24, 2.45) is 0 Å². The Morgan fingerprint density at radius 2 is 1.78 bits per heavy atom. The summed E-state index contributed by atoms with van der Waals surface area (Å²) in [5.74, 6) is 0.340. The maximum Gasteiger partial charge on any atom is 0.322 e. The molecule has 0 bridgehead atoms. The van der Waals surface area contributed by atoms with Gasteiger partial charge >= 0.3 is 11.7 Å². The van der Waals surface area contributed by atoms with Gasteiger partial charge in [0, 0.05) is 6.07 Å². The third kappa shape index (κ3) is 3.23. The second kappa shape index (κ2) is 6.68. The minimum Gasteiger partial charge on any atom is -0.463 e. The van der Waals surface area contributed by atoms with Crippen LogP contribution in [0.4, 0.5) is 5.69 Å². The number of nitro groups is 1. The molecular weight excluding hydrogens is 350 g/mol. The smallest absolute Gasteiger partial charge is 0.322 e. The number of aromatic nitrogens is 2. The Labute approximate surface area is 151 Å². The lowest BCUT2D eigenvalue weighted by Crippen LogP contribution is -2.04. The summed E-state index contributed by atoms with van der Waals surface area (Å²) in [5.41, 5.74) is 1.20. The molecule has 0 unspecified atom stereocenters. The first kappa shape index (κ1) is 16.4. The Kier molecular flexibility index (Phi) is 4.06. The quantitative estimate of drug-likeness (QED) is 0.400. The van der Waals surface area contributed by atoms with E-state index in [0.29, 0.717) is 22.3 Å². The summed E-state index contributed by atoms with van der Waals surface area (Å²) < 4.78 is 11.1. The molecule has 4 aromatic rings. The second-order valence-electron chi connectivity index (χ2n) is 5.59. The van der Waals surface area contributed by atoms with Gasteiger partial charge in [0.2, 0.25) is 0 Å². The molecule has 8 nitrogen and oxygen atoms in total. The molecule has 0 aliphatic heterocycles. The van der Waals surface area contributed by atoms with Crippen LogP contribution in [0.1, 0.15) is 0 Å². The van der Waals surface area contributed by atoms with E-state index in [-0.39, 0.29) is 17.1 Å². The number of ether oxygens (including phenoxy) is 1. The topological polar surface area (TPSA) is 108 Å². The van der Waals surface area contributed by atoms with Crippen LogP contribution in [0.3, 0.4) is 0 Å². The van der Waals surface area contributed by atoms with Crippen LogP contribution in [-0.4, -0.2) is 14.9 Å². The lowest BCUT2D eigenvalue weighted by Gasteiger charge is -2.06. The van der Waals surface area contributed by atoms with Crippen LogP contribution in [0, 0.1) is 10.1 Å². The van der Waals surface area contributed by atoms with E-state index < -0.39 is 4.92 Å². The van der Waals surface area contributed by atoms with Gasteiger partial charge in [-0.25, -0.2) is 0 Å².